The van der Waals surface area contributed by atoms with Crippen molar-refractivity contribution in [2.24, 2.45) is 5.92 Å². The molecule has 0 bridgehead atoms. The molecule has 1 heterocycles. The number of nitrogens with zero attached hydrogens (tertiary/aromatic N) is 1. The fraction of sp³-hybridized carbons (Fsp3) is 0.533. The highest BCUT2D eigenvalue weighted by Crippen LogP contribution is 2.29. The summed E-state index contributed by atoms with van der Waals surface area (Å²) in [6.07, 6.45) is 1.45. The molecule has 4 nitrogen and oxygen atoms in total. The van der Waals surface area contributed by atoms with Crippen LogP contribution < -0.4 is 10.2 Å². The smallest absolute Gasteiger partial charge is 0.224 e. The number of rotatable bonds is 3. The predicted octanol–water partition coefficient (Wildman–Crippen LogP) is 1.70. The second kappa shape index (κ2) is 6.06. The maximum absolute atomic E-state index is 11.8. The van der Waals surface area contributed by atoms with Gasteiger partial charge in [-0.15, -0.1) is 0 Å². The lowest BCUT2D eigenvalue weighted by atomic mass is 9.95. The minimum absolute atomic E-state index is 0.0424. The molecule has 0 spiro atoms. The van der Waals surface area contributed by atoms with Crippen LogP contribution in [-0.4, -0.2) is 31.2 Å². The molecule has 1 unspecified atom stereocenters. The van der Waals surface area contributed by atoms with Crippen molar-refractivity contribution < 1.29 is 9.90 Å². The van der Waals surface area contributed by atoms with Gasteiger partial charge in [-0.3, -0.25) is 4.79 Å². The Labute approximate surface area is 114 Å². The van der Waals surface area contributed by atoms with Gasteiger partial charge in [0.1, 0.15) is 0 Å². The molecule has 2 atom stereocenters. The molecule has 1 aromatic carbocycles. The maximum Gasteiger partial charge on any atom is 0.224 e. The number of amides is 1. The normalized spacial score (nSPS) is 21.0. The van der Waals surface area contributed by atoms with Crippen molar-refractivity contribution in [3.63, 3.8) is 0 Å². The third-order valence-electron chi connectivity index (χ3n) is 3.77. The SMILES string of the molecule is CNC(=O)C1CCCN(c2ccccc2[C@@H](C)O)C1. The van der Waals surface area contributed by atoms with E-state index < -0.39 is 6.10 Å². The minimum Gasteiger partial charge on any atom is -0.389 e. The molecule has 1 aliphatic heterocycles. The van der Waals surface area contributed by atoms with Gasteiger partial charge in [0.05, 0.1) is 12.0 Å². The Morgan fingerprint density at radius 1 is 1.47 bits per heavy atom. The zero-order valence-electron chi connectivity index (χ0n) is 11.6. The number of benzene rings is 1. The fourth-order valence-electron chi connectivity index (χ4n) is 2.74. The topological polar surface area (TPSA) is 52.6 Å². The van der Waals surface area contributed by atoms with Gasteiger partial charge in [-0.2, -0.15) is 0 Å². The van der Waals surface area contributed by atoms with Crippen molar-refractivity contribution in [3.05, 3.63) is 29.8 Å². The van der Waals surface area contributed by atoms with Gasteiger partial charge in [0.15, 0.2) is 0 Å². The number of nitrogens with one attached hydrogen (secondary N) is 1. The molecule has 0 saturated carbocycles. The van der Waals surface area contributed by atoms with E-state index in [4.69, 9.17) is 0 Å². The summed E-state index contributed by atoms with van der Waals surface area (Å²) in [5.74, 6) is 0.153. The summed E-state index contributed by atoms with van der Waals surface area (Å²) in [5, 5.41) is 12.6. The Bertz CT molecular complexity index is 446. The number of hydrogen-bond donors (Lipinski definition) is 2. The van der Waals surface area contributed by atoms with Crippen molar-refractivity contribution in [1.82, 2.24) is 5.32 Å². The number of anilines is 1. The summed E-state index contributed by atoms with van der Waals surface area (Å²) in [6, 6.07) is 7.88. The second-order valence-corrected chi connectivity index (χ2v) is 5.13. The zero-order valence-corrected chi connectivity index (χ0v) is 11.6. The molecule has 1 fully saturated rings. The van der Waals surface area contributed by atoms with Crippen molar-refractivity contribution in [2.75, 3.05) is 25.0 Å². The molecule has 2 N–H and O–H groups in total. The van der Waals surface area contributed by atoms with Crippen molar-refractivity contribution >= 4 is 11.6 Å². The van der Waals surface area contributed by atoms with Crippen LogP contribution in [-0.2, 0) is 4.79 Å². The molecule has 1 aromatic rings. The van der Waals surface area contributed by atoms with Crippen molar-refractivity contribution in [3.8, 4) is 0 Å². The van der Waals surface area contributed by atoms with Crippen LogP contribution in [0.1, 0.15) is 31.4 Å². The quantitative estimate of drug-likeness (QED) is 0.872. The van der Waals surface area contributed by atoms with E-state index in [0.717, 1.165) is 37.2 Å². The number of hydrogen-bond acceptors (Lipinski definition) is 3. The molecule has 1 aliphatic rings. The first-order valence-corrected chi connectivity index (χ1v) is 6.87. The summed E-state index contributed by atoms with van der Waals surface area (Å²) in [7, 11) is 1.69. The molecule has 0 aliphatic carbocycles. The number of piperidine rings is 1. The van der Waals surface area contributed by atoms with Crippen molar-refractivity contribution in [1.29, 1.82) is 0 Å². The third kappa shape index (κ3) is 3.07. The molecule has 0 aromatic heterocycles. The van der Waals surface area contributed by atoms with Gasteiger partial charge in [0.25, 0.3) is 0 Å². The van der Waals surface area contributed by atoms with Gasteiger partial charge in [0.2, 0.25) is 5.91 Å². The predicted molar refractivity (Wildman–Crippen MR) is 76.1 cm³/mol. The molecular formula is C15H22N2O2. The van der Waals surface area contributed by atoms with Gasteiger partial charge in [-0.05, 0) is 25.8 Å². The molecule has 0 radical (unpaired) electrons. The van der Waals surface area contributed by atoms with E-state index in [1.54, 1.807) is 14.0 Å². The maximum atomic E-state index is 11.8. The van der Waals surface area contributed by atoms with Gasteiger partial charge in [-0.1, -0.05) is 18.2 Å². The number of para-hydroxylation sites is 1. The van der Waals surface area contributed by atoms with Gasteiger partial charge in [0, 0.05) is 31.4 Å². The van der Waals surface area contributed by atoms with E-state index in [2.05, 4.69) is 10.2 Å². The van der Waals surface area contributed by atoms with Crippen molar-refractivity contribution in [2.45, 2.75) is 25.9 Å². The highest BCUT2D eigenvalue weighted by atomic mass is 16.3. The first-order chi connectivity index (χ1) is 9.13. The minimum atomic E-state index is -0.489. The standard InChI is InChI=1S/C15H22N2O2/c1-11(18)13-7-3-4-8-14(13)17-9-5-6-12(10-17)15(19)16-2/h3-4,7-8,11-12,18H,5-6,9-10H2,1-2H3,(H,16,19)/t11-,12?/m1/s1. The van der Waals surface area contributed by atoms with Gasteiger partial charge in [-0.25, -0.2) is 0 Å². The van der Waals surface area contributed by atoms with Crippen LogP contribution in [0.5, 0.6) is 0 Å². The Balaban J connectivity index is 2.20. The Morgan fingerprint density at radius 3 is 2.89 bits per heavy atom. The van der Waals surface area contributed by atoms with Crippen LogP contribution in [0.3, 0.4) is 0 Å². The van der Waals surface area contributed by atoms with Crippen LogP contribution in [0.2, 0.25) is 0 Å². The average molecular weight is 262 g/mol. The Hall–Kier alpha value is -1.55. The molecular weight excluding hydrogens is 240 g/mol. The number of aliphatic hydroxyl groups is 1. The number of carbonyl (C=O) groups is 1. The Kier molecular flexibility index (Phi) is 4.43. The molecule has 2 rings (SSSR count). The molecule has 104 valence electrons. The van der Waals surface area contributed by atoms with E-state index in [1.165, 1.54) is 0 Å². The third-order valence-corrected chi connectivity index (χ3v) is 3.77. The first kappa shape index (κ1) is 13.9. The molecule has 1 amide bonds. The van der Waals surface area contributed by atoms with E-state index in [1.807, 2.05) is 24.3 Å². The van der Waals surface area contributed by atoms with E-state index in [0.29, 0.717) is 0 Å². The summed E-state index contributed by atoms with van der Waals surface area (Å²) < 4.78 is 0. The van der Waals surface area contributed by atoms with Gasteiger partial charge < -0.3 is 15.3 Å². The molecule has 1 saturated heterocycles. The lowest BCUT2D eigenvalue weighted by molar-refractivity contribution is -0.124. The van der Waals surface area contributed by atoms with E-state index in [9.17, 15) is 9.90 Å². The van der Waals surface area contributed by atoms with Crippen LogP contribution in [0.15, 0.2) is 24.3 Å². The van der Waals surface area contributed by atoms with Crippen LogP contribution in [0, 0.1) is 5.92 Å². The zero-order chi connectivity index (χ0) is 13.8. The lowest BCUT2D eigenvalue weighted by Gasteiger charge is -2.35. The highest BCUT2D eigenvalue weighted by molar-refractivity contribution is 5.79. The lowest BCUT2D eigenvalue weighted by Crippen LogP contribution is -2.42. The van der Waals surface area contributed by atoms with Crippen LogP contribution in [0.4, 0.5) is 5.69 Å². The summed E-state index contributed by atoms with van der Waals surface area (Å²) in [4.78, 5) is 14.0. The number of aliphatic hydroxyl groups excluding tert-OH is 1. The first-order valence-electron chi connectivity index (χ1n) is 6.87. The van der Waals surface area contributed by atoms with Crippen LogP contribution in [0.25, 0.3) is 0 Å². The highest BCUT2D eigenvalue weighted by Gasteiger charge is 2.26. The van der Waals surface area contributed by atoms with E-state index in [-0.39, 0.29) is 11.8 Å². The summed E-state index contributed by atoms with van der Waals surface area (Å²) >= 11 is 0. The molecule has 4 heteroatoms. The summed E-state index contributed by atoms with van der Waals surface area (Å²) in [5.41, 5.74) is 1.98. The monoisotopic (exact) mass is 262 g/mol. The Morgan fingerprint density at radius 2 is 2.21 bits per heavy atom. The summed E-state index contributed by atoms with van der Waals surface area (Å²) in [6.45, 7) is 3.44. The molecule has 19 heavy (non-hydrogen) atoms. The average Bonchev–Trinajstić information content (AvgIpc) is 2.46. The largest absolute Gasteiger partial charge is 0.389 e. The van der Waals surface area contributed by atoms with Gasteiger partial charge >= 0.3 is 0 Å². The number of carbonyl (C=O) groups excluding carboxylic acids is 1. The second-order valence-electron chi connectivity index (χ2n) is 5.13. The van der Waals surface area contributed by atoms with Crippen LogP contribution >= 0.6 is 0 Å². The van der Waals surface area contributed by atoms with E-state index >= 15 is 0 Å². The fourth-order valence-corrected chi connectivity index (χ4v) is 2.74.